The lowest BCUT2D eigenvalue weighted by Gasteiger charge is -2.15. The lowest BCUT2D eigenvalue weighted by molar-refractivity contribution is 0.236. The third-order valence-corrected chi connectivity index (χ3v) is 3.02. The maximum atomic E-state index is 5.86. The van der Waals surface area contributed by atoms with Gasteiger partial charge in [0.1, 0.15) is 12.4 Å². The second kappa shape index (κ2) is 7.07. The highest BCUT2D eigenvalue weighted by atomic mass is 35.5. The molecule has 0 unspecified atom stereocenters. The van der Waals surface area contributed by atoms with Crippen molar-refractivity contribution in [3.05, 3.63) is 29.3 Å². The van der Waals surface area contributed by atoms with Gasteiger partial charge in [-0.2, -0.15) is 0 Å². The van der Waals surface area contributed by atoms with E-state index in [2.05, 4.69) is 4.90 Å². The number of halogens is 2. The van der Waals surface area contributed by atoms with Crippen LogP contribution in [0.15, 0.2) is 24.3 Å². The molecule has 0 amide bonds. The summed E-state index contributed by atoms with van der Waals surface area (Å²) in [5, 5.41) is 0.709. The van der Waals surface area contributed by atoms with Gasteiger partial charge in [0.2, 0.25) is 0 Å². The van der Waals surface area contributed by atoms with Crippen LogP contribution in [0.1, 0.15) is 6.42 Å². The third kappa shape index (κ3) is 4.72. The summed E-state index contributed by atoms with van der Waals surface area (Å²) in [5.41, 5.74) is 5.83. The quantitative estimate of drug-likeness (QED) is 0.916. The van der Waals surface area contributed by atoms with Crippen molar-refractivity contribution in [3.8, 4) is 5.75 Å². The van der Waals surface area contributed by atoms with Crippen LogP contribution in [0.5, 0.6) is 5.75 Å². The van der Waals surface area contributed by atoms with Crippen LogP contribution in [0.25, 0.3) is 0 Å². The van der Waals surface area contributed by atoms with E-state index < -0.39 is 0 Å². The molecule has 3 nitrogen and oxygen atoms in total. The predicted octanol–water partition coefficient (Wildman–Crippen LogP) is 2.17. The number of hydrogen-bond acceptors (Lipinski definition) is 3. The van der Waals surface area contributed by atoms with E-state index in [4.69, 9.17) is 22.1 Å². The van der Waals surface area contributed by atoms with Gasteiger partial charge in [0.05, 0.1) is 0 Å². The molecule has 96 valence electrons. The van der Waals surface area contributed by atoms with Crippen molar-refractivity contribution in [1.29, 1.82) is 0 Å². The minimum atomic E-state index is 0. The van der Waals surface area contributed by atoms with Gasteiger partial charge in [-0.25, -0.2) is 0 Å². The normalized spacial score (nSPS) is 20.0. The van der Waals surface area contributed by atoms with E-state index in [1.165, 1.54) is 0 Å². The first-order valence-corrected chi connectivity index (χ1v) is 5.98. The first-order chi connectivity index (χ1) is 7.74. The minimum absolute atomic E-state index is 0. The van der Waals surface area contributed by atoms with Crippen molar-refractivity contribution < 1.29 is 4.74 Å². The van der Waals surface area contributed by atoms with E-state index in [0.29, 0.717) is 17.7 Å². The fraction of sp³-hybridized carbons (Fsp3) is 0.500. The first-order valence-electron chi connectivity index (χ1n) is 5.60. The first kappa shape index (κ1) is 14.6. The molecule has 2 rings (SSSR count). The van der Waals surface area contributed by atoms with E-state index in [-0.39, 0.29) is 12.4 Å². The van der Waals surface area contributed by atoms with Crippen LogP contribution in [-0.4, -0.2) is 37.2 Å². The maximum Gasteiger partial charge on any atom is 0.120 e. The highest BCUT2D eigenvalue weighted by molar-refractivity contribution is 6.30. The maximum absolute atomic E-state index is 5.86. The van der Waals surface area contributed by atoms with Crippen LogP contribution in [0.2, 0.25) is 5.02 Å². The Kier molecular flexibility index (Phi) is 6.06. The summed E-state index contributed by atoms with van der Waals surface area (Å²) in [4.78, 5) is 2.33. The Bertz CT molecular complexity index is 349. The molecular weight excluding hydrogens is 259 g/mol. The smallest absolute Gasteiger partial charge is 0.120 e. The molecule has 1 saturated heterocycles. The van der Waals surface area contributed by atoms with Crippen molar-refractivity contribution in [2.45, 2.75) is 12.5 Å². The molecule has 5 heteroatoms. The molecule has 0 bridgehead atoms. The molecule has 1 aromatic rings. The van der Waals surface area contributed by atoms with Crippen molar-refractivity contribution in [2.75, 3.05) is 26.2 Å². The molecule has 2 N–H and O–H groups in total. The Morgan fingerprint density at radius 3 is 2.94 bits per heavy atom. The molecule has 0 spiro atoms. The van der Waals surface area contributed by atoms with Crippen LogP contribution in [0, 0.1) is 0 Å². The van der Waals surface area contributed by atoms with Crippen LogP contribution in [-0.2, 0) is 0 Å². The Labute approximate surface area is 113 Å². The molecule has 17 heavy (non-hydrogen) atoms. The number of likely N-dealkylation sites (tertiary alicyclic amines) is 1. The summed E-state index contributed by atoms with van der Waals surface area (Å²) in [7, 11) is 0. The minimum Gasteiger partial charge on any atom is -0.492 e. The Balaban J connectivity index is 0.00000144. The van der Waals surface area contributed by atoms with Crippen LogP contribution in [0.3, 0.4) is 0 Å². The third-order valence-electron chi connectivity index (χ3n) is 2.78. The summed E-state index contributed by atoms with van der Waals surface area (Å²) in [6, 6.07) is 7.82. The second-order valence-corrected chi connectivity index (χ2v) is 4.59. The van der Waals surface area contributed by atoms with Crippen molar-refractivity contribution >= 4 is 24.0 Å². The van der Waals surface area contributed by atoms with Crippen molar-refractivity contribution in [2.24, 2.45) is 5.73 Å². The average Bonchev–Trinajstić information content (AvgIpc) is 2.64. The Hall–Kier alpha value is -0.480. The Morgan fingerprint density at radius 1 is 1.47 bits per heavy atom. The summed E-state index contributed by atoms with van der Waals surface area (Å²) in [6.07, 6.45) is 1.09. The van der Waals surface area contributed by atoms with Crippen molar-refractivity contribution in [3.63, 3.8) is 0 Å². The lowest BCUT2D eigenvalue weighted by Crippen LogP contribution is -2.29. The zero-order valence-corrected chi connectivity index (χ0v) is 11.2. The van der Waals surface area contributed by atoms with E-state index in [1.807, 2.05) is 24.3 Å². The fourth-order valence-electron chi connectivity index (χ4n) is 1.92. The highest BCUT2D eigenvalue weighted by Crippen LogP contribution is 2.17. The van der Waals surface area contributed by atoms with Crippen LogP contribution < -0.4 is 10.5 Å². The van der Waals surface area contributed by atoms with Gasteiger partial charge in [-0.15, -0.1) is 12.4 Å². The average molecular weight is 277 g/mol. The number of hydrogen-bond donors (Lipinski definition) is 1. The predicted molar refractivity (Wildman–Crippen MR) is 73.2 cm³/mol. The van der Waals surface area contributed by atoms with Gasteiger partial charge in [0.15, 0.2) is 0 Å². The van der Waals surface area contributed by atoms with Gasteiger partial charge >= 0.3 is 0 Å². The number of benzene rings is 1. The molecule has 0 radical (unpaired) electrons. The van der Waals surface area contributed by atoms with Gasteiger partial charge < -0.3 is 10.5 Å². The molecule has 1 aromatic carbocycles. The molecule has 0 aromatic heterocycles. The Morgan fingerprint density at radius 2 is 2.29 bits per heavy atom. The second-order valence-electron chi connectivity index (χ2n) is 4.16. The molecule has 1 heterocycles. The van der Waals surface area contributed by atoms with Crippen molar-refractivity contribution in [1.82, 2.24) is 4.90 Å². The van der Waals surface area contributed by atoms with E-state index in [9.17, 15) is 0 Å². The summed E-state index contributed by atoms with van der Waals surface area (Å²) in [6.45, 7) is 3.69. The van der Waals surface area contributed by atoms with Crippen LogP contribution in [0.4, 0.5) is 0 Å². The molecule has 1 aliphatic heterocycles. The summed E-state index contributed by atoms with van der Waals surface area (Å²) < 4.78 is 5.62. The van der Waals surface area contributed by atoms with Gasteiger partial charge in [-0.05, 0) is 31.2 Å². The summed E-state index contributed by atoms with van der Waals surface area (Å²) >= 11 is 5.86. The van der Waals surface area contributed by atoms with Gasteiger partial charge in [0.25, 0.3) is 0 Å². The molecule has 1 atom stereocenters. The number of rotatable bonds is 4. The summed E-state index contributed by atoms with van der Waals surface area (Å²) in [5.74, 6) is 0.830. The van der Waals surface area contributed by atoms with Crippen LogP contribution >= 0.6 is 24.0 Å². The lowest BCUT2D eigenvalue weighted by atomic mass is 10.3. The largest absolute Gasteiger partial charge is 0.492 e. The van der Waals surface area contributed by atoms with E-state index in [0.717, 1.165) is 31.8 Å². The number of nitrogens with two attached hydrogens (primary N) is 1. The number of nitrogens with zero attached hydrogens (tertiary/aromatic N) is 1. The van der Waals surface area contributed by atoms with Gasteiger partial charge in [0, 0.05) is 24.2 Å². The zero-order chi connectivity index (χ0) is 11.4. The molecule has 1 fully saturated rings. The SMILES string of the molecule is Cl.N[C@H]1CCN(CCOc2cccc(Cl)c2)C1. The van der Waals surface area contributed by atoms with Gasteiger partial charge in [-0.1, -0.05) is 17.7 Å². The monoisotopic (exact) mass is 276 g/mol. The van der Waals surface area contributed by atoms with E-state index in [1.54, 1.807) is 0 Å². The topological polar surface area (TPSA) is 38.5 Å². The fourth-order valence-corrected chi connectivity index (χ4v) is 2.10. The van der Waals surface area contributed by atoms with Gasteiger partial charge in [-0.3, -0.25) is 4.90 Å². The molecule has 0 aliphatic carbocycles. The molecule has 0 saturated carbocycles. The van der Waals surface area contributed by atoms with E-state index >= 15 is 0 Å². The standard InChI is InChI=1S/C12H17ClN2O.ClH/c13-10-2-1-3-12(8-10)16-7-6-15-5-4-11(14)9-15;/h1-3,8,11H,4-7,9,14H2;1H/t11-;/m0./s1. The molecule has 1 aliphatic rings. The highest BCUT2D eigenvalue weighted by Gasteiger charge is 2.18. The molecular formula is C12H18Cl2N2O. The zero-order valence-electron chi connectivity index (χ0n) is 9.64. The number of ether oxygens (including phenoxy) is 1.